The molecule has 1 saturated heterocycles. The molecule has 0 spiro atoms. The molecule has 0 bridgehead atoms. The van der Waals surface area contributed by atoms with E-state index in [0.29, 0.717) is 12.0 Å². The van der Waals surface area contributed by atoms with E-state index >= 15 is 0 Å². The lowest BCUT2D eigenvalue weighted by Crippen LogP contribution is -2.45. The molecule has 14 heavy (non-hydrogen) atoms. The van der Waals surface area contributed by atoms with Gasteiger partial charge in [0.05, 0.1) is 0 Å². The third-order valence-electron chi connectivity index (χ3n) is 3.08. The fourth-order valence-corrected chi connectivity index (χ4v) is 1.88. The average molecular weight is 197 g/mol. The van der Waals surface area contributed by atoms with Gasteiger partial charge in [-0.3, -0.25) is 0 Å². The smallest absolute Gasteiger partial charge is 0.315 e. The van der Waals surface area contributed by atoms with E-state index in [4.69, 9.17) is 0 Å². The molecule has 4 heteroatoms. The lowest BCUT2D eigenvalue weighted by molar-refractivity contribution is 0.233. The van der Waals surface area contributed by atoms with E-state index < -0.39 is 0 Å². The SMILES string of the molecule is CC(NC(=O)NC1CC1)C1CCNC1. The third kappa shape index (κ3) is 2.61. The van der Waals surface area contributed by atoms with Crippen LogP contribution in [0.1, 0.15) is 26.2 Å². The molecule has 1 saturated carbocycles. The normalized spacial score (nSPS) is 28.5. The van der Waals surface area contributed by atoms with Gasteiger partial charge in [-0.1, -0.05) is 0 Å². The van der Waals surface area contributed by atoms with E-state index in [0.717, 1.165) is 25.9 Å². The minimum Gasteiger partial charge on any atom is -0.335 e. The van der Waals surface area contributed by atoms with Gasteiger partial charge in [0, 0.05) is 12.1 Å². The molecule has 0 aromatic rings. The molecule has 1 aliphatic heterocycles. The first kappa shape index (κ1) is 9.77. The number of hydrogen-bond acceptors (Lipinski definition) is 2. The van der Waals surface area contributed by atoms with E-state index in [1.54, 1.807) is 0 Å². The van der Waals surface area contributed by atoms with Gasteiger partial charge >= 0.3 is 6.03 Å². The van der Waals surface area contributed by atoms with Crippen LogP contribution in [0.4, 0.5) is 4.79 Å². The predicted molar refractivity (Wildman–Crippen MR) is 55.1 cm³/mol. The number of urea groups is 1. The monoisotopic (exact) mass is 197 g/mol. The van der Waals surface area contributed by atoms with Gasteiger partial charge in [0.1, 0.15) is 0 Å². The van der Waals surface area contributed by atoms with Crippen LogP contribution >= 0.6 is 0 Å². The highest BCUT2D eigenvalue weighted by molar-refractivity contribution is 5.74. The zero-order chi connectivity index (χ0) is 9.97. The number of amides is 2. The third-order valence-corrected chi connectivity index (χ3v) is 3.08. The summed E-state index contributed by atoms with van der Waals surface area (Å²) in [5.74, 6) is 0.597. The van der Waals surface area contributed by atoms with Crippen molar-refractivity contribution in [2.75, 3.05) is 13.1 Å². The Morgan fingerprint density at radius 1 is 1.43 bits per heavy atom. The predicted octanol–water partition coefficient (Wildman–Crippen LogP) is 0.446. The molecule has 2 amide bonds. The summed E-state index contributed by atoms with van der Waals surface area (Å²) >= 11 is 0. The van der Waals surface area contributed by atoms with E-state index in [1.165, 1.54) is 6.42 Å². The Kier molecular flexibility index (Phi) is 2.91. The van der Waals surface area contributed by atoms with Crippen LogP contribution in [0.15, 0.2) is 0 Å². The largest absolute Gasteiger partial charge is 0.335 e. The molecule has 1 heterocycles. The zero-order valence-electron chi connectivity index (χ0n) is 8.68. The van der Waals surface area contributed by atoms with Crippen molar-refractivity contribution in [3.05, 3.63) is 0 Å². The maximum absolute atomic E-state index is 11.4. The summed E-state index contributed by atoms with van der Waals surface area (Å²) in [4.78, 5) is 11.4. The Bertz CT molecular complexity index is 209. The number of nitrogens with one attached hydrogen (secondary N) is 3. The minimum atomic E-state index is 0.00639. The van der Waals surface area contributed by atoms with Crippen LogP contribution in [0.25, 0.3) is 0 Å². The molecule has 2 fully saturated rings. The van der Waals surface area contributed by atoms with Gasteiger partial charge in [-0.15, -0.1) is 0 Å². The molecular weight excluding hydrogens is 178 g/mol. The van der Waals surface area contributed by atoms with Crippen molar-refractivity contribution in [1.29, 1.82) is 0 Å². The number of hydrogen-bond donors (Lipinski definition) is 3. The summed E-state index contributed by atoms with van der Waals surface area (Å²) < 4.78 is 0. The highest BCUT2D eigenvalue weighted by Crippen LogP contribution is 2.18. The molecule has 0 aromatic heterocycles. The van der Waals surface area contributed by atoms with Crippen molar-refractivity contribution in [3.63, 3.8) is 0 Å². The maximum atomic E-state index is 11.4. The minimum absolute atomic E-state index is 0.00639. The Morgan fingerprint density at radius 3 is 2.79 bits per heavy atom. The molecule has 3 N–H and O–H groups in total. The van der Waals surface area contributed by atoms with Crippen LogP contribution in [-0.4, -0.2) is 31.2 Å². The quantitative estimate of drug-likeness (QED) is 0.615. The van der Waals surface area contributed by atoms with Crippen molar-refractivity contribution in [2.24, 2.45) is 5.92 Å². The second-order valence-corrected chi connectivity index (χ2v) is 4.43. The molecule has 2 rings (SSSR count). The number of carbonyl (C=O) groups excluding carboxylic acids is 1. The van der Waals surface area contributed by atoms with Crippen molar-refractivity contribution in [1.82, 2.24) is 16.0 Å². The Balaban J connectivity index is 1.69. The number of rotatable bonds is 3. The molecule has 1 aliphatic carbocycles. The van der Waals surface area contributed by atoms with Crippen molar-refractivity contribution >= 4 is 6.03 Å². The van der Waals surface area contributed by atoms with Crippen molar-refractivity contribution in [3.8, 4) is 0 Å². The molecule has 2 unspecified atom stereocenters. The lowest BCUT2D eigenvalue weighted by atomic mass is 10.0. The molecule has 80 valence electrons. The molecule has 2 aliphatic rings. The van der Waals surface area contributed by atoms with E-state index in [1.807, 2.05) is 0 Å². The first-order chi connectivity index (χ1) is 6.75. The highest BCUT2D eigenvalue weighted by Gasteiger charge is 2.26. The van der Waals surface area contributed by atoms with Gasteiger partial charge in [-0.05, 0) is 45.2 Å². The van der Waals surface area contributed by atoms with E-state index in [2.05, 4.69) is 22.9 Å². The molecule has 0 aromatic carbocycles. The number of carbonyl (C=O) groups is 1. The van der Waals surface area contributed by atoms with Crippen LogP contribution in [0, 0.1) is 5.92 Å². The van der Waals surface area contributed by atoms with E-state index in [9.17, 15) is 4.79 Å². The van der Waals surface area contributed by atoms with Gasteiger partial charge in [0.25, 0.3) is 0 Å². The van der Waals surface area contributed by atoms with Gasteiger partial charge in [0.15, 0.2) is 0 Å². The van der Waals surface area contributed by atoms with Crippen molar-refractivity contribution in [2.45, 2.75) is 38.3 Å². The lowest BCUT2D eigenvalue weighted by Gasteiger charge is -2.19. The zero-order valence-corrected chi connectivity index (χ0v) is 8.68. The van der Waals surface area contributed by atoms with Gasteiger partial charge in [-0.25, -0.2) is 4.79 Å². The van der Waals surface area contributed by atoms with Crippen LogP contribution in [0.3, 0.4) is 0 Å². The van der Waals surface area contributed by atoms with E-state index in [-0.39, 0.29) is 12.1 Å². The topological polar surface area (TPSA) is 53.2 Å². The van der Waals surface area contributed by atoms with Crippen LogP contribution < -0.4 is 16.0 Å². The summed E-state index contributed by atoms with van der Waals surface area (Å²) in [6.07, 6.45) is 3.46. The first-order valence-electron chi connectivity index (χ1n) is 5.53. The summed E-state index contributed by atoms with van der Waals surface area (Å²) in [6.45, 7) is 4.20. The Labute approximate surface area is 84.8 Å². The summed E-state index contributed by atoms with van der Waals surface area (Å²) in [7, 11) is 0. The first-order valence-corrected chi connectivity index (χ1v) is 5.53. The average Bonchev–Trinajstić information content (AvgIpc) is 2.80. The molecular formula is C10H19N3O. The summed E-state index contributed by atoms with van der Waals surface area (Å²) in [5.41, 5.74) is 0. The van der Waals surface area contributed by atoms with Crippen molar-refractivity contribution < 1.29 is 4.79 Å². The Morgan fingerprint density at radius 2 is 2.21 bits per heavy atom. The standard InChI is InChI=1S/C10H19N3O/c1-7(8-4-5-11-6-8)12-10(14)13-9-2-3-9/h7-9,11H,2-6H2,1H3,(H2,12,13,14). The second kappa shape index (κ2) is 4.17. The fraction of sp³-hybridized carbons (Fsp3) is 0.900. The molecule has 0 radical (unpaired) electrons. The maximum Gasteiger partial charge on any atom is 0.315 e. The van der Waals surface area contributed by atoms with Gasteiger partial charge < -0.3 is 16.0 Å². The highest BCUT2D eigenvalue weighted by atomic mass is 16.2. The fourth-order valence-electron chi connectivity index (χ4n) is 1.88. The van der Waals surface area contributed by atoms with Gasteiger partial charge in [0.2, 0.25) is 0 Å². The summed E-state index contributed by atoms with van der Waals surface area (Å²) in [5, 5.41) is 9.25. The Hall–Kier alpha value is -0.770. The molecule has 4 nitrogen and oxygen atoms in total. The second-order valence-electron chi connectivity index (χ2n) is 4.43. The summed E-state index contributed by atoms with van der Waals surface area (Å²) in [6, 6.07) is 0.736. The van der Waals surface area contributed by atoms with Crippen LogP contribution in [0.2, 0.25) is 0 Å². The molecule has 2 atom stereocenters. The van der Waals surface area contributed by atoms with Crippen LogP contribution in [-0.2, 0) is 0 Å². The van der Waals surface area contributed by atoms with Crippen LogP contribution in [0.5, 0.6) is 0 Å². The van der Waals surface area contributed by atoms with Gasteiger partial charge in [-0.2, -0.15) is 0 Å².